The van der Waals surface area contributed by atoms with Crippen LogP contribution in [0.3, 0.4) is 0 Å². The summed E-state index contributed by atoms with van der Waals surface area (Å²) in [5, 5.41) is 3.27. The Morgan fingerprint density at radius 1 is 1.10 bits per heavy atom. The Labute approximate surface area is 124 Å². The summed E-state index contributed by atoms with van der Waals surface area (Å²) in [6.07, 6.45) is 2.13. The summed E-state index contributed by atoms with van der Waals surface area (Å²) in [5.41, 5.74) is 0.725. The van der Waals surface area contributed by atoms with Crippen LogP contribution in [-0.2, 0) is 9.53 Å². The molecule has 1 saturated carbocycles. The second-order valence-corrected chi connectivity index (χ2v) is 4.86. The van der Waals surface area contributed by atoms with Crippen LogP contribution in [0.5, 0.6) is 17.2 Å². The Kier molecular flexibility index (Phi) is 4.90. The Balaban J connectivity index is 2.40. The molecule has 1 aromatic carbocycles. The second-order valence-electron chi connectivity index (χ2n) is 4.86. The molecule has 116 valence electrons. The van der Waals surface area contributed by atoms with E-state index in [-0.39, 0.29) is 5.97 Å². The zero-order valence-corrected chi connectivity index (χ0v) is 12.8. The monoisotopic (exact) mass is 295 g/mol. The molecule has 0 aromatic heterocycles. The normalized spacial score (nSPS) is 15.2. The average Bonchev–Trinajstić information content (AvgIpc) is 3.34. The van der Waals surface area contributed by atoms with Crippen molar-refractivity contribution in [3.8, 4) is 17.2 Å². The van der Waals surface area contributed by atoms with E-state index >= 15 is 0 Å². The largest absolute Gasteiger partial charge is 0.493 e. The number of nitrogens with one attached hydrogen (secondary N) is 1. The highest BCUT2D eigenvalue weighted by atomic mass is 16.5. The number of methoxy groups -OCH3 is 4. The molecule has 6 heteroatoms. The molecule has 2 rings (SSSR count). The second kappa shape index (κ2) is 6.67. The molecule has 0 aliphatic heterocycles. The molecule has 1 N–H and O–H groups in total. The van der Waals surface area contributed by atoms with Gasteiger partial charge in [-0.25, -0.2) is 4.79 Å². The van der Waals surface area contributed by atoms with Crippen LogP contribution >= 0.6 is 0 Å². The van der Waals surface area contributed by atoms with Crippen LogP contribution in [0.2, 0.25) is 0 Å². The van der Waals surface area contributed by atoms with E-state index in [0.29, 0.717) is 23.3 Å². The molecule has 1 unspecified atom stereocenters. The van der Waals surface area contributed by atoms with Crippen LogP contribution in [0.25, 0.3) is 0 Å². The van der Waals surface area contributed by atoms with Crippen molar-refractivity contribution < 1.29 is 23.7 Å². The number of esters is 1. The third kappa shape index (κ3) is 3.39. The van der Waals surface area contributed by atoms with Crippen LogP contribution in [0, 0.1) is 0 Å². The molecule has 21 heavy (non-hydrogen) atoms. The zero-order valence-electron chi connectivity index (χ0n) is 12.8. The number of rotatable bonds is 7. The van der Waals surface area contributed by atoms with Crippen molar-refractivity contribution in [1.29, 1.82) is 0 Å². The van der Waals surface area contributed by atoms with Crippen molar-refractivity contribution in [3.63, 3.8) is 0 Å². The zero-order chi connectivity index (χ0) is 15.4. The van der Waals surface area contributed by atoms with E-state index in [4.69, 9.17) is 18.9 Å². The van der Waals surface area contributed by atoms with E-state index < -0.39 is 6.04 Å². The van der Waals surface area contributed by atoms with Crippen LogP contribution in [-0.4, -0.2) is 40.5 Å². The van der Waals surface area contributed by atoms with Crippen molar-refractivity contribution in [2.75, 3.05) is 28.4 Å². The maximum absolute atomic E-state index is 12.0. The van der Waals surface area contributed by atoms with Crippen molar-refractivity contribution in [3.05, 3.63) is 17.7 Å². The van der Waals surface area contributed by atoms with E-state index in [9.17, 15) is 4.79 Å². The van der Waals surface area contributed by atoms with Crippen LogP contribution < -0.4 is 19.5 Å². The lowest BCUT2D eigenvalue weighted by Crippen LogP contribution is -2.31. The van der Waals surface area contributed by atoms with Gasteiger partial charge in [-0.15, -0.1) is 0 Å². The average molecular weight is 295 g/mol. The fourth-order valence-electron chi connectivity index (χ4n) is 2.17. The SMILES string of the molecule is COC(=O)C(NC1CC1)c1cc(OC)c(OC)c(OC)c1. The molecule has 1 atom stereocenters. The standard InChI is InChI=1S/C15H21NO5/c1-18-11-7-9(8-12(19-2)14(11)20-3)13(15(17)21-4)16-10-5-6-10/h7-8,10,13,16H,5-6H2,1-4H3. The molecule has 1 fully saturated rings. The lowest BCUT2D eigenvalue weighted by atomic mass is 10.1. The molecule has 1 aromatic rings. The minimum atomic E-state index is -0.545. The molecule has 0 heterocycles. The lowest BCUT2D eigenvalue weighted by Gasteiger charge is -2.20. The van der Waals surface area contributed by atoms with Crippen LogP contribution in [0.15, 0.2) is 12.1 Å². The quantitative estimate of drug-likeness (QED) is 0.772. The molecule has 6 nitrogen and oxygen atoms in total. The fourth-order valence-corrected chi connectivity index (χ4v) is 2.17. The third-order valence-electron chi connectivity index (χ3n) is 3.44. The van der Waals surface area contributed by atoms with E-state index in [2.05, 4.69) is 5.32 Å². The first-order valence-corrected chi connectivity index (χ1v) is 6.78. The van der Waals surface area contributed by atoms with Gasteiger partial charge in [-0.2, -0.15) is 0 Å². The van der Waals surface area contributed by atoms with E-state index in [1.807, 2.05) is 0 Å². The first-order valence-electron chi connectivity index (χ1n) is 6.78. The smallest absolute Gasteiger partial charge is 0.327 e. The van der Waals surface area contributed by atoms with Crippen molar-refractivity contribution in [2.24, 2.45) is 0 Å². The number of carbonyl (C=O) groups is 1. The van der Waals surface area contributed by atoms with Gasteiger partial charge in [-0.1, -0.05) is 0 Å². The molecule has 0 bridgehead atoms. The summed E-state index contributed by atoms with van der Waals surface area (Å²) in [7, 11) is 6.01. The minimum Gasteiger partial charge on any atom is -0.493 e. The van der Waals surface area contributed by atoms with Crippen molar-refractivity contribution in [1.82, 2.24) is 5.32 Å². The first-order chi connectivity index (χ1) is 10.1. The number of carbonyl (C=O) groups excluding carboxylic acids is 1. The molecule has 0 spiro atoms. The number of hydrogen-bond acceptors (Lipinski definition) is 6. The lowest BCUT2D eigenvalue weighted by molar-refractivity contribution is -0.143. The maximum Gasteiger partial charge on any atom is 0.327 e. The predicted molar refractivity (Wildman–Crippen MR) is 77.0 cm³/mol. The molecular formula is C15H21NO5. The van der Waals surface area contributed by atoms with Gasteiger partial charge in [-0.3, -0.25) is 5.32 Å². The Morgan fingerprint density at radius 3 is 2.05 bits per heavy atom. The summed E-state index contributed by atoms with van der Waals surface area (Å²) in [5.74, 6) is 1.19. The molecule has 0 amide bonds. The Hall–Kier alpha value is -1.95. The summed E-state index contributed by atoms with van der Waals surface area (Å²) >= 11 is 0. The molecular weight excluding hydrogens is 274 g/mol. The van der Waals surface area contributed by atoms with Gasteiger partial charge in [0.1, 0.15) is 6.04 Å². The van der Waals surface area contributed by atoms with E-state index in [1.165, 1.54) is 7.11 Å². The van der Waals surface area contributed by atoms with Gasteiger partial charge in [0.15, 0.2) is 11.5 Å². The maximum atomic E-state index is 12.0. The highest BCUT2D eigenvalue weighted by Gasteiger charge is 2.31. The molecule has 1 aliphatic carbocycles. The Morgan fingerprint density at radius 2 is 1.67 bits per heavy atom. The van der Waals surface area contributed by atoms with Crippen LogP contribution in [0.1, 0.15) is 24.4 Å². The van der Waals surface area contributed by atoms with Gasteiger partial charge in [-0.05, 0) is 30.5 Å². The molecule has 0 radical (unpaired) electrons. The third-order valence-corrected chi connectivity index (χ3v) is 3.44. The topological polar surface area (TPSA) is 66.0 Å². The van der Waals surface area contributed by atoms with Crippen LogP contribution in [0.4, 0.5) is 0 Å². The minimum absolute atomic E-state index is 0.337. The van der Waals surface area contributed by atoms with E-state index in [1.54, 1.807) is 33.5 Å². The van der Waals surface area contributed by atoms with Crippen molar-refractivity contribution in [2.45, 2.75) is 24.9 Å². The molecule has 0 saturated heterocycles. The Bertz CT molecular complexity index is 488. The van der Waals surface area contributed by atoms with Gasteiger partial charge in [0.2, 0.25) is 5.75 Å². The summed E-state index contributed by atoms with van der Waals surface area (Å²) in [6, 6.07) is 3.33. The highest BCUT2D eigenvalue weighted by molar-refractivity contribution is 5.78. The number of ether oxygens (including phenoxy) is 4. The molecule has 1 aliphatic rings. The van der Waals surface area contributed by atoms with Gasteiger partial charge < -0.3 is 18.9 Å². The van der Waals surface area contributed by atoms with Gasteiger partial charge in [0.05, 0.1) is 28.4 Å². The van der Waals surface area contributed by atoms with Gasteiger partial charge in [0.25, 0.3) is 0 Å². The number of hydrogen-bond donors (Lipinski definition) is 1. The number of benzene rings is 1. The fraction of sp³-hybridized carbons (Fsp3) is 0.533. The predicted octanol–water partition coefficient (Wildman–Crippen LogP) is 1.68. The van der Waals surface area contributed by atoms with Gasteiger partial charge in [0, 0.05) is 6.04 Å². The van der Waals surface area contributed by atoms with Crippen molar-refractivity contribution >= 4 is 5.97 Å². The van der Waals surface area contributed by atoms with Gasteiger partial charge >= 0.3 is 5.97 Å². The summed E-state index contributed by atoms with van der Waals surface area (Å²) in [6.45, 7) is 0. The first kappa shape index (κ1) is 15.4. The van der Waals surface area contributed by atoms with E-state index in [0.717, 1.165) is 18.4 Å². The summed E-state index contributed by atoms with van der Waals surface area (Å²) in [4.78, 5) is 12.0. The highest BCUT2D eigenvalue weighted by Crippen LogP contribution is 2.40. The summed E-state index contributed by atoms with van der Waals surface area (Å²) < 4.78 is 20.8.